The van der Waals surface area contributed by atoms with E-state index >= 15 is 0 Å². The van der Waals surface area contributed by atoms with Crippen LogP contribution < -0.4 is 0 Å². The summed E-state index contributed by atoms with van der Waals surface area (Å²) in [7, 11) is 0. The average Bonchev–Trinajstić information content (AvgIpc) is 2.91. The second-order valence-electron chi connectivity index (χ2n) is 6.98. The van der Waals surface area contributed by atoms with E-state index in [0.717, 1.165) is 41.4 Å². The molecule has 3 aliphatic carbocycles. The highest BCUT2D eigenvalue weighted by Crippen LogP contribution is 2.65. The highest BCUT2D eigenvalue weighted by atomic mass is 14.6. The van der Waals surface area contributed by atoms with Crippen molar-refractivity contribution in [3.63, 3.8) is 0 Å². The van der Waals surface area contributed by atoms with E-state index in [1.165, 1.54) is 19.3 Å². The van der Waals surface area contributed by atoms with Crippen LogP contribution in [-0.4, -0.2) is 0 Å². The van der Waals surface area contributed by atoms with Gasteiger partial charge in [-0.2, -0.15) is 0 Å². The van der Waals surface area contributed by atoms with Gasteiger partial charge in [0.05, 0.1) is 0 Å². The molecule has 0 aromatic rings. The van der Waals surface area contributed by atoms with Crippen molar-refractivity contribution in [3.8, 4) is 0 Å². The van der Waals surface area contributed by atoms with Crippen molar-refractivity contribution in [1.29, 1.82) is 0 Å². The van der Waals surface area contributed by atoms with Crippen LogP contribution in [0.2, 0.25) is 0 Å². The molecule has 3 rings (SSSR count). The van der Waals surface area contributed by atoms with Crippen molar-refractivity contribution in [1.82, 2.24) is 0 Å². The van der Waals surface area contributed by atoms with E-state index in [1.54, 1.807) is 19.3 Å². The Hall–Kier alpha value is 0. The first kappa shape index (κ1) is 11.1. The molecule has 7 atom stereocenters. The summed E-state index contributed by atoms with van der Waals surface area (Å²) in [6.07, 6.45) is 9.15. The first-order valence-corrected chi connectivity index (χ1v) is 7.76. The van der Waals surface area contributed by atoms with Gasteiger partial charge in [0.2, 0.25) is 0 Å². The van der Waals surface area contributed by atoms with Crippen LogP contribution in [0.15, 0.2) is 0 Å². The lowest BCUT2D eigenvalue weighted by molar-refractivity contribution is 0.133. The van der Waals surface area contributed by atoms with Crippen LogP contribution in [0.5, 0.6) is 0 Å². The van der Waals surface area contributed by atoms with Gasteiger partial charge < -0.3 is 0 Å². The standard InChI is InChI=1S/C16H28/c1-4-6-12-7-10(3)15-13-8-11(5-2)14(9-13)16(12)15/h10-16H,4-9H2,1-3H3. The van der Waals surface area contributed by atoms with E-state index in [9.17, 15) is 0 Å². The fraction of sp³-hybridized carbons (Fsp3) is 1.00. The summed E-state index contributed by atoms with van der Waals surface area (Å²) >= 11 is 0. The van der Waals surface area contributed by atoms with Crippen molar-refractivity contribution in [2.75, 3.05) is 0 Å². The van der Waals surface area contributed by atoms with Gasteiger partial charge in [0.15, 0.2) is 0 Å². The molecule has 0 radical (unpaired) electrons. The molecule has 3 saturated carbocycles. The first-order chi connectivity index (χ1) is 7.76. The maximum absolute atomic E-state index is 2.55. The molecular weight excluding hydrogens is 192 g/mol. The summed E-state index contributed by atoms with van der Waals surface area (Å²) in [5.41, 5.74) is 0. The molecule has 92 valence electrons. The first-order valence-electron chi connectivity index (χ1n) is 7.76. The Balaban J connectivity index is 1.80. The Kier molecular flexibility index (Phi) is 2.80. The Morgan fingerprint density at radius 2 is 1.75 bits per heavy atom. The van der Waals surface area contributed by atoms with Gasteiger partial charge in [0, 0.05) is 0 Å². The Morgan fingerprint density at radius 1 is 0.938 bits per heavy atom. The van der Waals surface area contributed by atoms with Crippen LogP contribution in [0.1, 0.15) is 59.3 Å². The van der Waals surface area contributed by atoms with Gasteiger partial charge in [-0.25, -0.2) is 0 Å². The monoisotopic (exact) mass is 220 g/mol. The van der Waals surface area contributed by atoms with E-state index in [2.05, 4.69) is 20.8 Å². The molecule has 3 aliphatic rings. The zero-order valence-corrected chi connectivity index (χ0v) is 11.3. The molecule has 0 aliphatic heterocycles. The topological polar surface area (TPSA) is 0 Å². The molecule has 0 amide bonds. The van der Waals surface area contributed by atoms with Gasteiger partial charge in [0.1, 0.15) is 0 Å². The van der Waals surface area contributed by atoms with Gasteiger partial charge >= 0.3 is 0 Å². The summed E-state index contributed by atoms with van der Waals surface area (Å²) in [6.45, 7) is 7.35. The molecule has 0 heterocycles. The van der Waals surface area contributed by atoms with E-state index in [1.807, 2.05) is 0 Å². The van der Waals surface area contributed by atoms with E-state index < -0.39 is 0 Å². The Bertz CT molecular complexity index is 257. The van der Waals surface area contributed by atoms with Crippen molar-refractivity contribution < 1.29 is 0 Å². The second kappa shape index (κ2) is 4.03. The molecule has 3 fully saturated rings. The van der Waals surface area contributed by atoms with Crippen LogP contribution in [0.25, 0.3) is 0 Å². The maximum Gasteiger partial charge on any atom is -0.0321 e. The average molecular weight is 220 g/mol. The van der Waals surface area contributed by atoms with Crippen molar-refractivity contribution in [2.45, 2.75) is 59.3 Å². The normalized spacial score (nSPS) is 54.6. The van der Waals surface area contributed by atoms with Gasteiger partial charge in [-0.05, 0) is 60.7 Å². The zero-order chi connectivity index (χ0) is 11.3. The third-order valence-electron chi connectivity index (χ3n) is 6.33. The third-order valence-corrected chi connectivity index (χ3v) is 6.33. The maximum atomic E-state index is 2.55. The number of hydrogen-bond acceptors (Lipinski definition) is 0. The minimum atomic E-state index is 1.05. The van der Waals surface area contributed by atoms with Gasteiger partial charge in [0.25, 0.3) is 0 Å². The van der Waals surface area contributed by atoms with Crippen molar-refractivity contribution in [3.05, 3.63) is 0 Å². The van der Waals surface area contributed by atoms with E-state index in [4.69, 9.17) is 0 Å². The molecule has 16 heavy (non-hydrogen) atoms. The second-order valence-corrected chi connectivity index (χ2v) is 6.98. The zero-order valence-electron chi connectivity index (χ0n) is 11.3. The lowest BCUT2D eigenvalue weighted by atomic mass is 9.70. The quantitative estimate of drug-likeness (QED) is 0.644. The minimum Gasteiger partial charge on any atom is -0.0654 e. The smallest absolute Gasteiger partial charge is 0.0321 e. The molecule has 2 bridgehead atoms. The molecule has 0 aromatic heterocycles. The summed E-state index contributed by atoms with van der Waals surface area (Å²) in [6, 6.07) is 0. The predicted octanol–water partition coefficient (Wildman–Crippen LogP) is 4.74. The summed E-state index contributed by atoms with van der Waals surface area (Å²) < 4.78 is 0. The highest BCUT2D eigenvalue weighted by molar-refractivity contribution is 5.07. The van der Waals surface area contributed by atoms with Crippen LogP contribution in [-0.2, 0) is 0 Å². The number of fused-ring (bicyclic) bond motifs is 5. The van der Waals surface area contributed by atoms with Crippen LogP contribution in [0.4, 0.5) is 0 Å². The predicted molar refractivity (Wildman–Crippen MR) is 69.2 cm³/mol. The lowest BCUT2D eigenvalue weighted by Gasteiger charge is -2.35. The molecule has 0 heteroatoms. The lowest BCUT2D eigenvalue weighted by Crippen LogP contribution is -2.29. The van der Waals surface area contributed by atoms with Gasteiger partial charge in [-0.3, -0.25) is 0 Å². The summed E-state index contributed by atoms with van der Waals surface area (Å²) in [5.74, 6) is 7.83. The fourth-order valence-electron chi connectivity index (χ4n) is 6.04. The molecule has 0 spiro atoms. The summed E-state index contributed by atoms with van der Waals surface area (Å²) in [5, 5.41) is 0. The van der Waals surface area contributed by atoms with Crippen molar-refractivity contribution >= 4 is 0 Å². The fourth-order valence-corrected chi connectivity index (χ4v) is 6.04. The molecule has 0 N–H and O–H groups in total. The highest BCUT2D eigenvalue weighted by Gasteiger charge is 2.58. The SMILES string of the molecule is CCCC1CC(C)C2C3CC(CC)C(C3)C12. The largest absolute Gasteiger partial charge is 0.0654 e. The molecule has 0 aromatic carbocycles. The van der Waals surface area contributed by atoms with Crippen LogP contribution in [0, 0.1) is 41.4 Å². The van der Waals surface area contributed by atoms with Crippen LogP contribution in [0.3, 0.4) is 0 Å². The van der Waals surface area contributed by atoms with E-state index in [-0.39, 0.29) is 0 Å². The molecule has 7 unspecified atom stereocenters. The van der Waals surface area contributed by atoms with Gasteiger partial charge in [-0.1, -0.05) is 40.0 Å². The van der Waals surface area contributed by atoms with Crippen molar-refractivity contribution in [2.24, 2.45) is 41.4 Å². The molecule has 0 nitrogen and oxygen atoms in total. The Morgan fingerprint density at radius 3 is 2.44 bits per heavy atom. The number of rotatable bonds is 3. The van der Waals surface area contributed by atoms with Crippen LogP contribution >= 0.6 is 0 Å². The Labute approximate surface area is 101 Å². The molecule has 0 saturated heterocycles. The minimum absolute atomic E-state index is 1.05. The van der Waals surface area contributed by atoms with E-state index in [0.29, 0.717) is 0 Å². The third kappa shape index (κ3) is 1.41. The van der Waals surface area contributed by atoms with Gasteiger partial charge in [-0.15, -0.1) is 0 Å². The number of hydrogen-bond donors (Lipinski definition) is 0. The molecular formula is C16H28. The summed E-state index contributed by atoms with van der Waals surface area (Å²) in [4.78, 5) is 0.